The lowest BCUT2D eigenvalue weighted by molar-refractivity contribution is 1.17. The summed E-state index contributed by atoms with van der Waals surface area (Å²) in [5.74, 6) is 0. The Bertz CT molecular complexity index is 3850. The third-order valence-corrected chi connectivity index (χ3v) is 13.0. The van der Waals surface area contributed by atoms with Crippen LogP contribution in [0.3, 0.4) is 0 Å². The molecule has 0 spiro atoms. The number of benzene rings is 10. The summed E-state index contributed by atoms with van der Waals surface area (Å²) < 4.78 is 7.33. The van der Waals surface area contributed by atoms with Crippen LogP contribution < -0.4 is 0 Å². The summed E-state index contributed by atoms with van der Waals surface area (Å²) in [6.07, 6.45) is 0. The molecule has 13 rings (SSSR count). The lowest BCUT2D eigenvalue weighted by Crippen LogP contribution is -1.97. The quantitative estimate of drug-likeness (QED) is 0.159. The molecule has 0 aliphatic carbocycles. The fourth-order valence-corrected chi connectivity index (χ4v) is 10.2. The minimum Gasteiger partial charge on any atom is -0.309 e. The number of rotatable bonds is 6. The summed E-state index contributed by atoms with van der Waals surface area (Å²) in [7, 11) is 0. The van der Waals surface area contributed by atoms with E-state index in [1.54, 1.807) is 0 Å². The van der Waals surface area contributed by atoms with Crippen LogP contribution in [0, 0.1) is 0 Å². The van der Waals surface area contributed by atoms with Crippen LogP contribution in [0.2, 0.25) is 0 Å². The average Bonchev–Trinajstić information content (AvgIpc) is 4.00. The van der Waals surface area contributed by atoms with Crippen molar-refractivity contribution in [2.24, 2.45) is 0 Å². The monoisotopic (exact) mass is 801 g/mol. The SMILES string of the molecule is c1ccc(-c2ccc(-n3c4ccccc4c4ccc(-c5ccc(-c6cc7c(c8ccccc8n7-c7ccccc7)c7c8ccccc8n(-c8ccccc8)c67)cc5)cc43)cc2)cc1. The molecule has 0 aliphatic heterocycles. The molecule has 0 saturated heterocycles. The molecule has 0 fully saturated rings. The Balaban J connectivity index is 1.02. The van der Waals surface area contributed by atoms with Crippen LogP contribution in [-0.2, 0) is 0 Å². The van der Waals surface area contributed by atoms with E-state index in [1.807, 2.05) is 0 Å². The lowest BCUT2D eigenvalue weighted by Gasteiger charge is -2.14. The molecule has 0 atom stereocenters. The van der Waals surface area contributed by atoms with Crippen molar-refractivity contribution >= 4 is 65.4 Å². The van der Waals surface area contributed by atoms with E-state index >= 15 is 0 Å². The van der Waals surface area contributed by atoms with E-state index in [0.29, 0.717) is 0 Å². The maximum absolute atomic E-state index is 2.47. The number of nitrogens with zero attached hydrogens (tertiary/aromatic N) is 3. The Hall–Kier alpha value is -8.40. The molecule has 294 valence electrons. The van der Waals surface area contributed by atoms with E-state index in [1.165, 1.54) is 98.8 Å². The highest BCUT2D eigenvalue weighted by Crippen LogP contribution is 2.47. The van der Waals surface area contributed by atoms with Gasteiger partial charge in [-0.2, -0.15) is 0 Å². The van der Waals surface area contributed by atoms with Crippen LogP contribution in [0.25, 0.3) is 116 Å². The predicted octanol–water partition coefficient (Wildman–Crippen LogP) is 16.0. The van der Waals surface area contributed by atoms with Crippen LogP contribution in [0.4, 0.5) is 0 Å². The van der Waals surface area contributed by atoms with Crippen LogP contribution in [0.5, 0.6) is 0 Å². The molecule has 3 heteroatoms. The van der Waals surface area contributed by atoms with Gasteiger partial charge in [-0.05, 0) is 94.5 Å². The van der Waals surface area contributed by atoms with Gasteiger partial charge in [0.05, 0.1) is 33.1 Å². The first-order chi connectivity index (χ1) is 31.3. The third kappa shape index (κ3) is 5.46. The van der Waals surface area contributed by atoms with Crippen LogP contribution in [0.1, 0.15) is 0 Å². The van der Waals surface area contributed by atoms with Gasteiger partial charge in [0, 0.05) is 54.9 Å². The highest BCUT2D eigenvalue weighted by molar-refractivity contribution is 6.31. The van der Waals surface area contributed by atoms with Crippen LogP contribution >= 0.6 is 0 Å². The topological polar surface area (TPSA) is 14.8 Å². The summed E-state index contributed by atoms with van der Waals surface area (Å²) in [6, 6.07) is 86.3. The summed E-state index contributed by atoms with van der Waals surface area (Å²) >= 11 is 0. The average molecular weight is 802 g/mol. The first-order valence-electron chi connectivity index (χ1n) is 21.7. The van der Waals surface area contributed by atoms with Crippen molar-refractivity contribution in [2.75, 3.05) is 0 Å². The Morgan fingerprint density at radius 1 is 0.222 bits per heavy atom. The minimum absolute atomic E-state index is 1.14. The second-order valence-electron chi connectivity index (χ2n) is 16.5. The number of aromatic nitrogens is 3. The number of hydrogen-bond acceptors (Lipinski definition) is 0. The lowest BCUT2D eigenvalue weighted by atomic mass is 9.95. The van der Waals surface area contributed by atoms with E-state index in [4.69, 9.17) is 0 Å². The molecular formula is C60H39N3. The van der Waals surface area contributed by atoms with Gasteiger partial charge in [-0.3, -0.25) is 0 Å². The van der Waals surface area contributed by atoms with Gasteiger partial charge in [-0.15, -0.1) is 0 Å². The molecule has 0 unspecified atom stereocenters. The summed E-state index contributed by atoms with van der Waals surface area (Å²) in [5.41, 5.74) is 17.8. The maximum Gasteiger partial charge on any atom is 0.0627 e. The standard InChI is InChI=1S/C60H39N3/c1-4-16-40(17-5-1)41-32-35-47(36-33-41)61-53-25-13-10-22-48(53)49-37-34-44(38-56(49)61)42-28-30-43(31-29-42)52-39-57-58(50-23-11-14-26-54(50)62(57)45-18-6-2-7-19-45)59-51-24-12-15-27-55(51)63(60(52)59)46-20-8-3-9-21-46/h1-39H. The molecule has 0 radical (unpaired) electrons. The van der Waals surface area contributed by atoms with Crippen molar-refractivity contribution < 1.29 is 0 Å². The van der Waals surface area contributed by atoms with Gasteiger partial charge in [0.15, 0.2) is 0 Å². The van der Waals surface area contributed by atoms with Gasteiger partial charge in [-0.1, -0.05) is 170 Å². The molecule has 0 amide bonds. The molecule has 0 bridgehead atoms. The second kappa shape index (κ2) is 14.1. The summed E-state index contributed by atoms with van der Waals surface area (Å²) in [5, 5.41) is 7.54. The van der Waals surface area contributed by atoms with Gasteiger partial charge in [0.25, 0.3) is 0 Å². The zero-order valence-electron chi connectivity index (χ0n) is 34.4. The summed E-state index contributed by atoms with van der Waals surface area (Å²) in [4.78, 5) is 0. The second-order valence-corrected chi connectivity index (χ2v) is 16.5. The largest absolute Gasteiger partial charge is 0.309 e. The van der Waals surface area contributed by atoms with Crippen LogP contribution in [-0.4, -0.2) is 13.7 Å². The highest BCUT2D eigenvalue weighted by atomic mass is 15.0. The van der Waals surface area contributed by atoms with Crippen LogP contribution in [0.15, 0.2) is 237 Å². The number of para-hydroxylation sites is 5. The zero-order valence-corrected chi connectivity index (χ0v) is 34.4. The first-order valence-corrected chi connectivity index (χ1v) is 21.7. The highest BCUT2D eigenvalue weighted by Gasteiger charge is 2.24. The molecular weight excluding hydrogens is 763 g/mol. The van der Waals surface area contributed by atoms with Crippen molar-refractivity contribution in [2.45, 2.75) is 0 Å². The van der Waals surface area contributed by atoms with E-state index < -0.39 is 0 Å². The molecule has 3 nitrogen and oxygen atoms in total. The fraction of sp³-hybridized carbons (Fsp3) is 0. The Morgan fingerprint density at radius 3 is 1.30 bits per heavy atom. The Labute approximate surface area is 364 Å². The molecule has 3 aromatic heterocycles. The molecule has 3 heterocycles. The first kappa shape index (κ1) is 35.4. The van der Waals surface area contributed by atoms with Crippen molar-refractivity contribution in [3.63, 3.8) is 0 Å². The van der Waals surface area contributed by atoms with Gasteiger partial charge in [0.1, 0.15) is 0 Å². The third-order valence-electron chi connectivity index (χ3n) is 13.0. The summed E-state index contributed by atoms with van der Waals surface area (Å²) in [6.45, 7) is 0. The van der Waals surface area contributed by atoms with E-state index in [0.717, 1.165) is 17.1 Å². The van der Waals surface area contributed by atoms with Gasteiger partial charge in [-0.25, -0.2) is 0 Å². The number of hydrogen-bond donors (Lipinski definition) is 0. The molecule has 13 aromatic rings. The normalized spacial score (nSPS) is 11.8. The Kier molecular flexibility index (Phi) is 7.91. The molecule has 0 saturated carbocycles. The van der Waals surface area contributed by atoms with Crippen molar-refractivity contribution in [3.05, 3.63) is 237 Å². The van der Waals surface area contributed by atoms with Gasteiger partial charge < -0.3 is 13.7 Å². The maximum atomic E-state index is 2.47. The van der Waals surface area contributed by atoms with E-state index in [9.17, 15) is 0 Å². The van der Waals surface area contributed by atoms with Crippen molar-refractivity contribution in [1.29, 1.82) is 0 Å². The predicted molar refractivity (Wildman–Crippen MR) is 266 cm³/mol. The zero-order chi connectivity index (χ0) is 41.4. The number of fused-ring (bicyclic) bond motifs is 10. The van der Waals surface area contributed by atoms with Gasteiger partial charge >= 0.3 is 0 Å². The Morgan fingerprint density at radius 2 is 0.635 bits per heavy atom. The fourth-order valence-electron chi connectivity index (χ4n) is 10.2. The molecule has 0 aliphatic rings. The minimum atomic E-state index is 1.14. The van der Waals surface area contributed by atoms with Gasteiger partial charge in [0.2, 0.25) is 0 Å². The van der Waals surface area contributed by atoms with E-state index in [-0.39, 0.29) is 0 Å². The molecule has 63 heavy (non-hydrogen) atoms. The smallest absolute Gasteiger partial charge is 0.0627 e. The molecule has 10 aromatic carbocycles. The van der Waals surface area contributed by atoms with Crippen molar-refractivity contribution in [3.8, 4) is 50.4 Å². The van der Waals surface area contributed by atoms with E-state index in [2.05, 4.69) is 250 Å². The van der Waals surface area contributed by atoms with Crippen molar-refractivity contribution in [1.82, 2.24) is 13.7 Å². The molecule has 0 N–H and O–H groups in total.